The van der Waals surface area contributed by atoms with E-state index in [1.807, 2.05) is 30.3 Å². The average molecular weight is 328 g/mol. The summed E-state index contributed by atoms with van der Waals surface area (Å²) < 4.78 is 5.10. The molecule has 0 bridgehead atoms. The number of rotatable bonds is 3. The highest BCUT2D eigenvalue weighted by molar-refractivity contribution is 6.43. The lowest BCUT2D eigenvalue weighted by molar-refractivity contribution is -0.128. The van der Waals surface area contributed by atoms with Gasteiger partial charge in [0.15, 0.2) is 5.75 Å². The molecule has 5 heteroatoms. The number of ether oxygens (including phenoxy) is 1. The largest absolute Gasteiger partial charge is 0.422 e. The van der Waals surface area contributed by atoms with Gasteiger partial charge in [-0.25, -0.2) is 4.79 Å². The quantitative estimate of drug-likeness (QED) is 0.332. The lowest BCUT2D eigenvalue weighted by atomic mass is 10.2. The molecule has 0 saturated heterocycles. The minimum absolute atomic E-state index is 0.170. The highest BCUT2D eigenvalue weighted by Crippen LogP contribution is 2.33. The molecule has 0 saturated carbocycles. The summed E-state index contributed by atoms with van der Waals surface area (Å²) in [6, 6.07) is 12.2. The smallest absolute Gasteiger partial charge is 0.336 e. The fraction of sp³-hybridized carbons (Fsp3) is 0. The molecule has 0 aliphatic heterocycles. The van der Waals surface area contributed by atoms with Crippen LogP contribution in [0.2, 0.25) is 15.1 Å². The lowest BCUT2D eigenvalue weighted by Gasteiger charge is -2.05. The van der Waals surface area contributed by atoms with Crippen LogP contribution in [0.4, 0.5) is 0 Å². The zero-order valence-electron chi connectivity index (χ0n) is 10.1. The van der Waals surface area contributed by atoms with Crippen LogP contribution in [0.3, 0.4) is 0 Å². The van der Waals surface area contributed by atoms with Crippen molar-refractivity contribution in [3.8, 4) is 5.75 Å². The predicted molar refractivity (Wildman–Crippen MR) is 82.6 cm³/mol. The third-order valence-electron chi connectivity index (χ3n) is 2.40. The maximum absolute atomic E-state index is 11.7. The highest BCUT2D eigenvalue weighted by atomic mass is 35.5. The van der Waals surface area contributed by atoms with Crippen LogP contribution >= 0.6 is 34.8 Å². The van der Waals surface area contributed by atoms with Gasteiger partial charge < -0.3 is 4.74 Å². The van der Waals surface area contributed by atoms with Crippen LogP contribution in [0.15, 0.2) is 48.5 Å². The van der Waals surface area contributed by atoms with E-state index in [0.29, 0.717) is 5.02 Å². The number of halogens is 3. The molecule has 2 aromatic carbocycles. The normalized spacial score (nSPS) is 10.8. The van der Waals surface area contributed by atoms with Gasteiger partial charge in [0.2, 0.25) is 0 Å². The standard InChI is InChI=1S/C15H9Cl3O2/c16-11-8-13(18)14(9-12(11)17)20-15(19)7-6-10-4-2-1-3-5-10/h1-9H. The summed E-state index contributed by atoms with van der Waals surface area (Å²) >= 11 is 17.6. The van der Waals surface area contributed by atoms with Gasteiger partial charge in [-0.1, -0.05) is 65.1 Å². The Balaban J connectivity index is 2.09. The van der Waals surface area contributed by atoms with Crippen molar-refractivity contribution in [3.05, 3.63) is 69.2 Å². The first kappa shape index (κ1) is 14.9. The van der Waals surface area contributed by atoms with Gasteiger partial charge in [0.05, 0.1) is 15.1 Å². The van der Waals surface area contributed by atoms with Crippen LogP contribution in [0.1, 0.15) is 5.56 Å². The van der Waals surface area contributed by atoms with Crippen molar-refractivity contribution in [1.29, 1.82) is 0 Å². The van der Waals surface area contributed by atoms with Crippen LogP contribution < -0.4 is 4.74 Å². The van der Waals surface area contributed by atoms with E-state index in [2.05, 4.69) is 0 Å². The summed E-state index contributed by atoms with van der Waals surface area (Å²) in [7, 11) is 0. The van der Waals surface area contributed by atoms with Gasteiger partial charge in [0, 0.05) is 12.1 Å². The van der Waals surface area contributed by atoms with Crippen molar-refractivity contribution >= 4 is 46.8 Å². The Kier molecular flexibility index (Phi) is 5.07. The molecule has 0 unspecified atom stereocenters. The second-order valence-electron chi connectivity index (χ2n) is 3.86. The highest BCUT2D eigenvalue weighted by Gasteiger charge is 2.09. The van der Waals surface area contributed by atoms with E-state index >= 15 is 0 Å². The first-order valence-electron chi connectivity index (χ1n) is 5.66. The molecule has 0 fully saturated rings. The summed E-state index contributed by atoms with van der Waals surface area (Å²) in [5.41, 5.74) is 0.893. The topological polar surface area (TPSA) is 26.3 Å². The van der Waals surface area contributed by atoms with Crippen molar-refractivity contribution in [2.24, 2.45) is 0 Å². The van der Waals surface area contributed by atoms with Crippen molar-refractivity contribution in [2.45, 2.75) is 0 Å². The summed E-state index contributed by atoms with van der Waals surface area (Å²) in [4.78, 5) is 11.7. The molecule has 20 heavy (non-hydrogen) atoms. The second kappa shape index (κ2) is 6.80. The molecule has 0 amide bonds. The van der Waals surface area contributed by atoms with E-state index in [-0.39, 0.29) is 15.8 Å². The van der Waals surface area contributed by atoms with Gasteiger partial charge in [0.25, 0.3) is 0 Å². The number of hydrogen-bond acceptors (Lipinski definition) is 2. The predicted octanol–water partition coefficient (Wildman–Crippen LogP) is 5.27. The van der Waals surface area contributed by atoms with Crippen molar-refractivity contribution in [3.63, 3.8) is 0 Å². The van der Waals surface area contributed by atoms with Crippen LogP contribution in [-0.2, 0) is 4.79 Å². The van der Waals surface area contributed by atoms with Gasteiger partial charge >= 0.3 is 5.97 Å². The molecule has 0 heterocycles. The Hall–Kier alpha value is -1.48. The first-order chi connectivity index (χ1) is 9.56. The molecule has 0 atom stereocenters. The Morgan fingerprint density at radius 2 is 1.60 bits per heavy atom. The van der Waals surface area contributed by atoms with Crippen LogP contribution in [-0.4, -0.2) is 5.97 Å². The van der Waals surface area contributed by atoms with E-state index in [4.69, 9.17) is 39.5 Å². The molecule has 0 aliphatic carbocycles. The molecule has 2 aromatic rings. The summed E-state index contributed by atoms with van der Waals surface area (Å²) in [5, 5.41) is 0.795. The van der Waals surface area contributed by atoms with Crippen molar-refractivity contribution in [2.75, 3.05) is 0 Å². The average Bonchev–Trinajstić information content (AvgIpc) is 2.44. The Labute approximate surface area is 131 Å². The molecule has 0 radical (unpaired) electrons. The fourth-order valence-corrected chi connectivity index (χ4v) is 2.03. The lowest BCUT2D eigenvalue weighted by Crippen LogP contribution is -2.04. The molecule has 0 N–H and O–H groups in total. The first-order valence-corrected chi connectivity index (χ1v) is 6.79. The van der Waals surface area contributed by atoms with Gasteiger partial charge in [0.1, 0.15) is 0 Å². The number of esters is 1. The Morgan fingerprint density at radius 3 is 2.30 bits per heavy atom. The van der Waals surface area contributed by atoms with E-state index in [1.54, 1.807) is 6.08 Å². The number of carbonyl (C=O) groups excluding carboxylic acids is 1. The summed E-state index contributed by atoms with van der Waals surface area (Å²) in [6.07, 6.45) is 2.96. The van der Waals surface area contributed by atoms with Gasteiger partial charge in [-0.3, -0.25) is 0 Å². The molecule has 0 aromatic heterocycles. The van der Waals surface area contributed by atoms with Gasteiger partial charge in [-0.05, 0) is 17.7 Å². The minimum atomic E-state index is -0.547. The Bertz CT molecular complexity index is 652. The maximum atomic E-state index is 11.7. The Morgan fingerprint density at radius 1 is 0.950 bits per heavy atom. The van der Waals surface area contributed by atoms with E-state index in [9.17, 15) is 4.79 Å². The number of benzene rings is 2. The third-order valence-corrected chi connectivity index (χ3v) is 3.41. The summed E-state index contributed by atoms with van der Waals surface area (Å²) in [5.74, 6) is -0.377. The molecule has 0 spiro atoms. The molecule has 102 valence electrons. The minimum Gasteiger partial charge on any atom is -0.422 e. The van der Waals surface area contributed by atoms with Crippen LogP contribution in [0.25, 0.3) is 6.08 Å². The molecular weight excluding hydrogens is 319 g/mol. The molecule has 0 aliphatic rings. The molecular formula is C15H9Cl3O2. The monoisotopic (exact) mass is 326 g/mol. The van der Waals surface area contributed by atoms with Crippen molar-refractivity contribution < 1.29 is 9.53 Å². The van der Waals surface area contributed by atoms with E-state index in [1.165, 1.54) is 18.2 Å². The molecule has 2 rings (SSSR count). The van der Waals surface area contributed by atoms with Gasteiger partial charge in [-0.15, -0.1) is 0 Å². The third kappa shape index (κ3) is 4.01. The van der Waals surface area contributed by atoms with Crippen LogP contribution in [0.5, 0.6) is 5.75 Å². The fourth-order valence-electron chi connectivity index (χ4n) is 1.45. The maximum Gasteiger partial charge on any atom is 0.336 e. The molecule has 2 nitrogen and oxygen atoms in total. The van der Waals surface area contributed by atoms with E-state index < -0.39 is 5.97 Å². The second-order valence-corrected chi connectivity index (χ2v) is 5.08. The SMILES string of the molecule is O=C(C=Cc1ccccc1)Oc1cc(Cl)c(Cl)cc1Cl. The number of hydrogen-bond donors (Lipinski definition) is 0. The number of carbonyl (C=O) groups is 1. The summed E-state index contributed by atoms with van der Waals surface area (Å²) in [6.45, 7) is 0. The van der Waals surface area contributed by atoms with Gasteiger partial charge in [-0.2, -0.15) is 0 Å². The van der Waals surface area contributed by atoms with Crippen LogP contribution in [0, 0.1) is 0 Å². The van der Waals surface area contributed by atoms with Crippen molar-refractivity contribution in [1.82, 2.24) is 0 Å². The zero-order chi connectivity index (χ0) is 14.5. The zero-order valence-corrected chi connectivity index (χ0v) is 12.4. The van der Waals surface area contributed by atoms with E-state index in [0.717, 1.165) is 5.56 Å².